The largest absolute Gasteiger partial charge is 0.494 e. The maximum absolute atomic E-state index is 14.2. The van der Waals surface area contributed by atoms with E-state index < -0.39 is 9.84 Å². The van der Waals surface area contributed by atoms with Gasteiger partial charge in [-0.05, 0) is 95.2 Å². The Balaban J connectivity index is 1.16. The molecule has 2 aliphatic rings. The molecule has 0 aromatic heterocycles. The van der Waals surface area contributed by atoms with Crippen molar-refractivity contribution < 1.29 is 17.9 Å². The smallest absolute Gasteiger partial charge is 0.320 e. The summed E-state index contributed by atoms with van der Waals surface area (Å²) in [6, 6.07) is 27.5. The predicted octanol–water partition coefficient (Wildman–Crippen LogP) is 5.42. The number of amides is 2. The number of carbonyl (C=O) groups is 1. The van der Waals surface area contributed by atoms with Crippen LogP contribution in [0.4, 0.5) is 16.2 Å². The Morgan fingerprint density at radius 3 is 1.59 bits per heavy atom. The van der Waals surface area contributed by atoms with Gasteiger partial charge in [-0.2, -0.15) is 0 Å². The number of sulfone groups is 1. The molecule has 0 aliphatic carbocycles. The molecule has 0 spiro atoms. The molecule has 10 nitrogen and oxygen atoms in total. The molecule has 5 rings (SSSR count). The molecule has 2 saturated heterocycles. The summed E-state index contributed by atoms with van der Waals surface area (Å²) in [7, 11) is -3.58. The number of benzene rings is 3. The minimum Gasteiger partial charge on any atom is -0.494 e. The Morgan fingerprint density at radius 2 is 1.16 bits per heavy atom. The zero-order chi connectivity index (χ0) is 36.1. The fraction of sp³-hybridized carbons (Fsp3) is 0.525. The fourth-order valence-electron chi connectivity index (χ4n) is 7.01. The Morgan fingerprint density at radius 1 is 0.686 bits per heavy atom. The summed E-state index contributed by atoms with van der Waals surface area (Å²) in [5.41, 5.74) is 2.54. The van der Waals surface area contributed by atoms with E-state index in [0.717, 1.165) is 78.3 Å². The Hall–Kier alpha value is -3.80. The number of carbonyl (C=O) groups excluding carboxylic acids is 1. The highest BCUT2D eigenvalue weighted by Gasteiger charge is 2.27. The summed E-state index contributed by atoms with van der Waals surface area (Å²) < 4.78 is 32.1. The second-order valence-electron chi connectivity index (χ2n) is 13.8. The van der Waals surface area contributed by atoms with Crippen LogP contribution in [0.2, 0.25) is 0 Å². The maximum Gasteiger partial charge on any atom is 0.320 e. The molecule has 3 aromatic carbocycles. The monoisotopic (exact) mass is 718 g/mol. The second kappa shape index (κ2) is 19.2. The minimum absolute atomic E-state index is 0.0744. The molecule has 2 amide bonds. The topological polar surface area (TPSA) is 79.9 Å². The van der Waals surface area contributed by atoms with Gasteiger partial charge in [-0.15, -0.1) is 0 Å². The van der Waals surface area contributed by atoms with E-state index in [1.165, 1.54) is 11.4 Å². The highest BCUT2D eigenvalue weighted by atomic mass is 32.2. The van der Waals surface area contributed by atoms with Crippen LogP contribution in [0.3, 0.4) is 0 Å². The van der Waals surface area contributed by atoms with Crippen molar-refractivity contribution in [3.05, 3.63) is 84.9 Å². The number of para-hydroxylation sites is 2. The van der Waals surface area contributed by atoms with Crippen LogP contribution in [0, 0.1) is 0 Å². The Bertz CT molecular complexity index is 1490. The lowest BCUT2D eigenvalue weighted by Gasteiger charge is -2.38. The minimum atomic E-state index is -3.58. The van der Waals surface area contributed by atoms with Crippen LogP contribution in [0.15, 0.2) is 89.8 Å². The Labute approximate surface area is 306 Å². The van der Waals surface area contributed by atoms with E-state index >= 15 is 0 Å². The van der Waals surface area contributed by atoms with Gasteiger partial charge in [-0.3, -0.25) is 9.80 Å². The first-order valence-corrected chi connectivity index (χ1v) is 20.4. The van der Waals surface area contributed by atoms with Crippen molar-refractivity contribution in [3.8, 4) is 5.75 Å². The molecule has 51 heavy (non-hydrogen) atoms. The Kier molecular flexibility index (Phi) is 14.4. The van der Waals surface area contributed by atoms with Crippen molar-refractivity contribution in [3.63, 3.8) is 0 Å². The molecule has 3 aromatic rings. The molecule has 2 heterocycles. The second-order valence-corrected chi connectivity index (χ2v) is 15.9. The first-order valence-electron chi connectivity index (χ1n) is 18.8. The standard InChI is InChI=1S/C40H58N6O4S/c1-4-50-38-17-19-39(20-18-38)51(48,49)34-33-46(35(2)3)40(47)45(23-11-21-41-25-29-43(30-26-41)36-13-7-5-8-14-36)24-12-22-42-27-31-44(32-28-42)37-15-9-6-10-16-37/h5-10,13-20,35H,4,11-12,21-34H2,1-3H3. The van der Waals surface area contributed by atoms with Gasteiger partial charge in [0.05, 0.1) is 17.3 Å². The van der Waals surface area contributed by atoms with Crippen LogP contribution in [0.25, 0.3) is 0 Å². The van der Waals surface area contributed by atoms with Crippen molar-refractivity contribution in [2.24, 2.45) is 0 Å². The number of rotatable bonds is 17. The third-order valence-electron chi connectivity index (χ3n) is 10.0. The molecule has 0 bridgehead atoms. The maximum atomic E-state index is 14.2. The van der Waals surface area contributed by atoms with E-state index in [1.54, 1.807) is 29.2 Å². The van der Waals surface area contributed by atoms with Crippen molar-refractivity contribution in [1.29, 1.82) is 0 Å². The molecule has 278 valence electrons. The van der Waals surface area contributed by atoms with E-state index in [2.05, 4.69) is 80.3 Å². The molecule has 0 atom stereocenters. The average Bonchev–Trinajstić information content (AvgIpc) is 3.15. The van der Waals surface area contributed by atoms with Crippen molar-refractivity contribution in [2.75, 3.05) is 107 Å². The summed E-state index contributed by atoms with van der Waals surface area (Å²) in [6.07, 6.45) is 1.76. The lowest BCUT2D eigenvalue weighted by atomic mass is 10.2. The average molecular weight is 719 g/mol. The fourth-order valence-corrected chi connectivity index (χ4v) is 8.24. The first-order chi connectivity index (χ1) is 24.7. The predicted molar refractivity (Wildman–Crippen MR) is 208 cm³/mol. The number of ether oxygens (including phenoxy) is 1. The molecule has 0 unspecified atom stereocenters. The van der Waals surface area contributed by atoms with Gasteiger partial charge in [0.25, 0.3) is 0 Å². The normalized spacial score (nSPS) is 16.0. The number of nitrogens with zero attached hydrogens (tertiary/aromatic N) is 6. The molecular weight excluding hydrogens is 661 g/mol. The van der Waals surface area contributed by atoms with E-state index in [9.17, 15) is 13.2 Å². The van der Waals surface area contributed by atoms with Crippen LogP contribution in [0.1, 0.15) is 33.6 Å². The van der Waals surface area contributed by atoms with Crippen LogP contribution < -0.4 is 14.5 Å². The number of anilines is 2. The van der Waals surface area contributed by atoms with Crippen LogP contribution in [-0.2, 0) is 9.84 Å². The number of piperazine rings is 2. The van der Waals surface area contributed by atoms with Crippen LogP contribution >= 0.6 is 0 Å². The van der Waals surface area contributed by atoms with Gasteiger partial charge in [-0.25, -0.2) is 13.2 Å². The molecule has 0 radical (unpaired) electrons. The summed E-state index contributed by atoms with van der Waals surface area (Å²) in [5.74, 6) is 0.512. The summed E-state index contributed by atoms with van der Waals surface area (Å²) in [5, 5.41) is 0. The zero-order valence-corrected chi connectivity index (χ0v) is 31.7. The van der Waals surface area contributed by atoms with Crippen molar-refractivity contribution in [1.82, 2.24) is 19.6 Å². The van der Waals surface area contributed by atoms with E-state index in [4.69, 9.17) is 4.74 Å². The molecule has 2 fully saturated rings. The van der Waals surface area contributed by atoms with Gasteiger partial charge >= 0.3 is 6.03 Å². The highest BCUT2D eigenvalue weighted by Crippen LogP contribution is 2.20. The summed E-state index contributed by atoms with van der Waals surface area (Å²) >= 11 is 0. The number of hydrogen-bond acceptors (Lipinski definition) is 8. The van der Waals surface area contributed by atoms with Gasteiger partial charge in [-0.1, -0.05) is 36.4 Å². The van der Waals surface area contributed by atoms with Gasteiger partial charge in [0, 0.05) is 89.4 Å². The van der Waals surface area contributed by atoms with Crippen LogP contribution in [0.5, 0.6) is 5.75 Å². The third kappa shape index (κ3) is 11.3. The zero-order valence-electron chi connectivity index (χ0n) is 30.9. The molecule has 2 aliphatic heterocycles. The quantitative estimate of drug-likeness (QED) is 0.183. The van der Waals surface area contributed by atoms with Crippen molar-refractivity contribution >= 4 is 27.2 Å². The van der Waals surface area contributed by atoms with Crippen LogP contribution in [-0.4, -0.2) is 138 Å². The first kappa shape index (κ1) is 38.4. The van der Waals surface area contributed by atoms with Gasteiger partial charge in [0.1, 0.15) is 5.75 Å². The lowest BCUT2D eigenvalue weighted by molar-refractivity contribution is 0.136. The van der Waals surface area contributed by atoms with Gasteiger partial charge < -0.3 is 24.3 Å². The molecule has 0 N–H and O–H groups in total. The molecule has 0 saturated carbocycles. The van der Waals surface area contributed by atoms with Gasteiger partial charge in [0.15, 0.2) is 9.84 Å². The van der Waals surface area contributed by atoms with E-state index in [-0.39, 0.29) is 29.3 Å². The number of hydrogen-bond donors (Lipinski definition) is 0. The lowest BCUT2D eigenvalue weighted by Crippen LogP contribution is -2.50. The SMILES string of the molecule is CCOc1ccc(S(=O)(=O)CCN(C(=O)N(CCCN2CCN(c3ccccc3)CC2)CCCN2CCN(c3ccccc3)CC2)C(C)C)cc1. The molecular formula is C40H58N6O4S. The third-order valence-corrected chi connectivity index (χ3v) is 11.7. The molecule has 11 heteroatoms. The number of urea groups is 1. The highest BCUT2D eigenvalue weighted by molar-refractivity contribution is 7.91. The summed E-state index contributed by atoms with van der Waals surface area (Å²) in [4.78, 5) is 28.1. The summed E-state index contributed by atoms with van der Waals surface area (Å²) in [6.45, 7) is 17.6. The van der Waals surface area contributed by atoms with E-state index in [1.807, 2.05) is 25.7 Å². The van der Waals surface area contributed by atoms with E-state index in [0.29, 0.717) is 25.4 Å². The van der Waals surface area contributed by atoms with Gasteiger partial charge in [0.2, 0.25) is 0 Å². The van der Waals surface area contributed by atoms with Crippen molar-refractivity contribution in [2.45, 2.75) is 44.6 Å².